The topological polar surface area (TPSA) is 0 Å². The Balaban J connectivity index is 0.000000338. The van der Waals surface area contributed by atoms with Crippen LogP contribution in [0.3, 0.4) is 0 Å². The van der Waals surface area contributed by atoms with E-state index in [1.165, 1.54) is 0 Å². The quantitative estimate of drug-likeness (QED) is 0.262. The molecule has 6 rings (SSSR count). The Kier molecular flexibility index (Phi) is 0.477. The van der Waals surface area contributed by atoms with E-state index >= 15 is 0 Å². The van der Waals surface area contributed by atoms with Crippen LogP contribution < -0.4 is 18.9 Å². The molecule has 6 saturated carbocycles. The van der Waals surface area contributed by atoms with Gasteiger partial charge in [-0.3, -0.25) is 0 Å². The van der Waals surface area contributed by atoms with Crippen LogP contribution in [0.5, 0.6) is 0 Å². The van der Waals surface area contributed by atoms with E-state index in [0.29, 0.717) is 17.8 Å². The van der Waals surface area contributed by atoms with E-state index in [9.17, 15) is 4.39 Å². The Morgan fingerprint density at radius 2 is 1.40 bits per heavy atom. The summed E-state index contributed by atoms with van der Waals surface area (Å²) in [6.45, 7) is 0. The van der Waals surface area contributed by atoms with Crippen LogP contribution in [0.4, 0.5) is 4.39 Å². The van der Waals surface area contributed by atoms with Gasteiger partial charge in [0, 0.05) is 0 Å². The fraction of sp³-hybridized carbons (Fsp3) is 0.875. The predicted molar refractivity (Wildman–Crippen MR) is 28.0 cm³/mol. The second-order valence-corrected chi connectivity index (χ2v) is 4.48. The van der Waals surface area contributed by atoms with Gasteiger partial charge in [-0.15, -0.1) is 0 Å². The van der Waals surface area contributed by atoms with Crippen molar-refractivity contribution in [3.05, 3.63) is 5.92 Å². The number of hydrogen-bond donors (Lipinski definition) is 0. The van der Waals surface area contributed by atoms with Gasteiger partial charge < -0.3 is 5.92 Å². The van der Waals surface area contributed by atoms with E-state index in [0.717, 1.165) is 17.8 Å². The predicted octanol–water partition coefficient (Wildman–Crippen LogP) is -1.96. The van der Waals surface area contributed by atoms with Gasteiger partial charge in [0.2, 0.25) is 0 Å². The summed E-state index contributed by atoms with van der Waals surface area (Å²) in [5.74, 6) is 6.06. The van der Waals surface area contributed by atoms with Crippen LogP contribution in [-0.2, 0) is 0 Å². The maximum Gasteiger partial charge on any atom is 1.00 e. The van der Waals surface area contributed by atoms with Crippen LogP contribution in [0.1, 0.15) is 0 Å². The molecule has 0 aliphatic heterocycles. The monoisotopic (exact) mass is 128 g/mol. The van der Waals surface area contributed by atoms with Gasteiger partial charge in [0.25, 0.3) is 0 Å². The molecule has 0 spiro atoms. The van der Waals surface area contributed by atoms with Crippen molar-refractivity contribution >= 4 is 0 Å². The van der Waals surface area contributed by atoms with E-state index in [4.69, 9.17) is 0 Å². The molecule has 2 heteroatoms. The van der Waals surface area contributed by atoms with Crippen LogP contribution in [0.2, 0.25) is 0 Å². The molecule has 0 atom stereocenters. The summed E-state index contributed by atoms with van der Waals surface area (Å²) >= 11 is 0. The molecule has 0 aromatic heterocycles. The summed E-state index contributed by atoms with van der Waals surface area (Å²) in [5.41, 5.74) is -0.554. The first-order valence-corrected chi connectivity index (χ1v) is 3.92. The van der Waals surface area contributed by atoms with Gasteiger partial charge in [0.05, 0.1) is 0 Å². The van der Waals surface area contributed by atoms with Crippen LogP contribution in [0.15, 0.2) is 0 Å². The van der Waals surface area contributed by atoms with Crippen LogP contribution in [0.25, 0.3) is 0 Å². The van der Waals surface area contributed by atoms with Crippen molar-refractivity contribution in [1.29, 1.82) is 0 Å². The van der Waals surface area contributed by atoms with Crippen molar-refractivity contribution in [3.8, 4) is 0 Å². The first-order valence-electron chi connectivity index (χ1n) is 3.92. The molecule has 0 aromatic carbocycles. The molecule has 0 aromatic rings. The van der Waals surface area contributed by atoms with Gasteiger partial charge >= 0.3 is 18.9 Å². The third-order valence-corrected chi connectivity index (χ3v) is 5.01. The summed E-state index contributed by atoms with van der Waals surface area (Å²) in [6.07, 6.45) is 0. The standard InChI is InChI=1S/C8H6F.Li/c9-8-5-2-1-3(5)7(8)4(1)6(2)8;/h2-7H;/q-1;+1. The van der Waals surface area contributed by atoms with Crippen molar-refractivity contribution in [2.24, 2.45) is 35.5 Å². The molecule has 6 aliphatic rings. The van der Waals surface area contributed by atoms with Crippen molar-refractivity contribution in [2.45, 2.75) is 5.67 Å². The zero-order valence-corrected chi connectivity index (χ0v) is 5.84. The second kappa shape index (κ2) is 0.914. The second-order valence-electron chi connectivity index (χ2n) is 4.48. The Bertz CT molecular complexity index is 211. The van der Waals surface area contributed by atoms with Crippen LogP contribution in [0, 0.1) is 41.4 Å². The summed E-state index contributed by atoms with van der Waals surface area (Å²) < 4.78 is 13.4. The largest absolute Gasteiger partial charge is 1.00 e. The molecule has 0 heterocycles. The Morgan fingerprint density at radius 1 is 1.00 bits per heavy atom. The van der Waals surface area contributed by atoms with Crippen LogP contribution >= 0.6 is 0 Å². The number of halogens is 1. The zero-order valence-electron chi connectivity index (χ0n) is 5.84. The Labute approximate surface area is 70.7 Å². The van der Waals surface area contributed by atoms with Crippen molar-refractivity contribution in [1.82, 2.24) is 0 Å². The fourth-order valence-corrected chi connectivity index (χ4v) is 4.86. The molecule has 10 heavy (non-hydrogen) atoms. The smallest absolute Gasteiger partial charge is 0.303 e. The molecule has 0 saturated heterocycles. The van der Waals surface area contributed by atoms with E-state index in [1.807, 2.05) is 0 Å². The minimum absolute atomic E-state index is 0. The number of hydrogen-bond acceptors (Lipinski definition) is 0. The average Bonchev–Trinajstić information content (AvgIpc) is 1.88. The average molecular weight is 128 g/mol. The number of alkyl halides is 1. The number of rotatable bonds is 0. The van der Waals surface area contributed by atoms with Crippen molar-refractivity contribution in [3.63, 3.8) is 0 Å². The van der Waals surface area contributed by atoms with Crippen molar-refractivity contribution in [2.75, 3.05) is 0 Å². The third-order valence-electron chi connectivity index (χ3n) is 5.01. The molecular weight excluding hydrogens is 122 g/mol. The molecule has 0 amide bonds. The van der Waals surface area contributed by atoms with E-state index in [-0.39, 0.29) is 18.9 Å². The SMILES string of the molecule is FC12C3C4[C-]5C3C1C5C42.[Li+]. The molecule has 0 nitrogen and oxygen atoms in total. The summed E-state index contributed by atoms with van der Waals surface area (Å²) in [5, 5.41) is 0. The molecule has 46 valence electrons. The van der Waals surface area contributed by atoms with Gasteiger partial charge in [0.1, 0.15) is 5.67 Å². The minimum atomic E-state index is -0.554. The molecule has 0 radical (unpaired) electrons. The minimum Gasteiger partial charge on any atom is -0.303 e. The van der Waals surface area contributed by atoms with E-state index in [1.54, 1.807) is 5.92 Å². The molecule has 0 N–H and O–H groups in total. The zero-order chi connectivity index (χ0) is 5.54. The maximum absolute atomic E-state index is 13.4. The molecule has 0 unspecified atom stereocenters. The van der Waals surface area contributed by atoms with Gasteiger partial charge in [0.15, 0.2) is 0 Å². The summed E-state index contributed by atoms with van der Waals surface area (Å²) in [7, 11) is 0. The van der Waals surface area contributed by atoms with E-state index < -0.39 is 5.67 Å². The first-order chi connectivity index (χ1) is 4.37. The van der Waals surface area contributed by atoms with Gasteiger partial charge in [-0.25, -0.2) is 4.39 Å². The molecule has 0 bridgehead atoms. The third kappa shape index (κ3) is 0.163. The van der Waals surface area contributed by atoms with Crippen LogP contribution in [-0.4, -0.2) is 5.67 Å². The Morgan fingerprint density at radius 3 is 1.60 bits per heavy atom. The maximum atomic E-state index is 13.4. The van der Waals surface area contributed by atoms with Gasteiger partial charge in [-0.1, -0.05) is 17.8 Å². The summed E-state index contributed by atoms with van der Waals surface area (Å²) in [6, 6.07) is 0. The Hall–Kier alpha value is 0.527. The van der Waals surface area contributed by atoms with Gasteiger partial charge in [-0.05, 0) is 0 Å². The summed E-state index contributed by atoms with van der Waals surface area (Å²) in [4.78, 5) is 0. The molecule has 6 fully saturated rings. The first kappa shape index (κ1) is 5.22. The molecule has 6 aliphatic carbocycles. The van der Waals surface area contributed by atoms with Crippen molar-refractivity contribution < 1.29 is 23.3 Å². The van der Waals surface area contributed by atoms with Gasteiger partial charge in [-0.2, -0.15) is 17.8 Å². The molecular formula is C8H6FLi. The fourth-order valence-electron chi connectivity index (χ4n) is 4.86. The van der Waals surface area contributed by atoms with E-state index in [2.05, 4.69) is 0 Å². The normalized spacial score (nSPS) is 89.7.